The molecule has 2 aliphatic rings. The maximum absolute atomic E-state index is 4.83. The van der Waals surface area contributed by atoms with Crippen LogP contribution in [0.2, 0.25) is 0 Å². The Bertz CT molecular complexity index is 759. The molecule has 0 unspecified atom stereocenters. The molecular formula is C30H44Li2O+2. The molecule has 0 N–H and O–H groups in total. The number of allylic oxidation sites excluding steroid dienone is 2. The van der Waals surface area contributed by atoms with E-state index in [9.17, 15) is 0 Å². The Morgan fingerprint density at radius 3 is 1.82 bits per heavy atom. The molecule has 0 saturated heterocycles. The summed E-state index contributed by atoms with van der Waals surface area (Å²) in [4.78, 5) is 0. The average Bonchev–Trinajstić information content (AvgIpc) is 3.50. The summed E-state index contributed by atoms with van der Waals surface area (Å²) in [6, 6.07) is 16.9. The fourth-order valence-corrected chi connectivity index (χ4v) is 2.51. The van der Waals surface area contributed by atoms with Gasteiger partial charge in [0.1, 0.15) is 12.0 Å². The first-order valence-electron chi connectivity index (χ1n) is 11.3. The van der Waals surface area contributed by atoms with Crippen LogP contribution in [0.3, 0.4) is 0 Å². The first kappa shape index (κ1) is 36.1. The molecule has 2 aliphatic carbocycles. The van der Waals surface area contributed by atoms with Crippen LogP contribution in [0, 0.1) is 24.8 Å². The SMILES string of the molecule is C1=Cc2ccccc2C1.CC#CC.CCOCC.[C+]1=Cc2ccccc2C1.[CH2-]CCC.[HH].[HH].[Li+].[Li+]. The minimum atomic E-state index is 0. The van der Waals surface area contributed by atoms with Crippen molar-refractivity contribution in [2.75, 3.05) is 13.2 Å². The summed E-state index contributed by atoms with van der Waals surface area (Å²) in [5.74, 6) is 5.36. The molecule has 3 heteroatoms. The van der Waals surface area contributed by atoms with Gasteiger partial charge in [0.2, 0.25) is 0 Å². The topological polar surface area (TPSA) is 9.23 Å². The predicted molar refractivity (Wildman–Crippen MR) is 143 cm³/mol. The Morgan fingerprint density at radius 2 is 1.39 bits per heavy atom. The minimum Gasteiger partial charge on any atom is -0.382 e. The summed E-state index contributed by atoms with van der Waals surface area (Å²) in [5, 5.41) is 0. The maximum atomic E-state index is 4.83. The standard InChI is InChI=1S/C9H8.C9H7.C4H10O.C4H9.C4H6.2Li.2H2/c2*1-2-5-9-7-3-6-8(9)4-1;1-3-5-4-2;2*1-3-4-2;;;;/h1-6H,7H2;1-2,4-6H,7H2;3-4H2,1-2H3;1,3-4H2,2H3;1-2H3;;;2*1H/q;+1;;-1;;2*+1;;. The van der Waals surface area contributed by atoms with Crippen molar-refractivity contribution in [3.05, 3.63) is 89.9 Å². The molecule has 33 heavy (non-hydrogen) atoms. The van der Waals surface area contributed by atoms with Gasteiger partial charge in [-0.25, -0.2) is 0 Å². The van der Waals surface area contributed by atoms with Crippen LogP contribution < -0.4 is 37.7 Å². The Kier molecular flexibility index (Phi) is 29.3. The van der Waals surface area contributed by atoms with Gasteiger partial charge in [-0.15, -0.1) is 11.8 Å². The van der Waals surface area contributed by atoms with E-state index < -0.39 is 0 Å². The molecule has 0 spiro atoms. The van der Waals surface area contributed by atoms with Crippen molar-refractivity contribution < 1.29 is 45.3 Å². The quantitative estimate of drug-likeness (QED) is 0.410. The molecule has 0 atom stereocenters. The number of hydrogen-bond donors (Lipinski definition) is 0. The average molecular weight is 435 g/mol. The maximum Gasteiger partial charge on any atom is 1.00 e. The molecule has 170 valence electrons. The number of unbranched alkanes of at least 4 members (excludes halogenated alkanes) is 1. The van der Waals surface area contributed by atoms with E-state index in [-0.39, 0.29) is 40.6 Å². The Labute approximate surface area is 231 Å². The van der Waals surface area contributed by atoms with Crippen LogP contribution in [-0.2, 0) is 17.6 Å². The van der Waals surface area contributed by atoms with Crippen molar-refractivity contribution in [3.8, 4) is 11.8 Å². The van der Waals surface area contributed by atoms with Crippen LogP contribution in [0.15, 0.2) is 54.6 Å². The predicted octanol–water partition coefficient (Wildman–Crippen LogP) is 2.51. The molecule has 2 aromatic rings. The van der Waals surface area contributed by atoms with Gasteiger partial charge in [0.15, 0.2) is 6.08 Å². The van der Waals surface area contributed by atoms with Gasteiger partial charge in [0.25, 0.3) is 0 Å². The number of rotatable bonds is 3. The number of fused-ring (bicyclic) bond motifs is 2. The first-order chi connectivity index (χ1) is 15.2. The van der Waals surface area contributed by atoms with Gasteiger partial charge in [-0.3, -0.25) is 0 Å². The molecule has 0 aromatic heterocycles. The Morgan fingerprint density at radius 1 is 0.879 bits per heavy atom. The number of ether oxygens (including phenoxy) is 1. The molecule has 0 fully saturated rings. The fourth-order valence-electron chi connectivity index (χ4n) is 2.51. The van der Waals surface area contributed by atoms with Gasteiger partial charge in [-0.05, 0) is 57.4 Å². The summed E-state index contributed by atoms with van der Waals surface area (Å²) in [6.07, 6.45) is 14.0. The van der Waals surface area contributed by atoms with E-state index in [0.29, 0.717) is 0 Å². The molecule has 0 bridgehead atoms. The molecule has 0 heterocycles. The van der Waals surface area contributed by atoms with E-state index in [1.165, 1.54) is 28.7 Å². The van der Waals surface area contributed by atoms with Crippen LogP contribution in [0.25, 0.3) is 12.2 Å². The zero-order chi connectivity index (χ0) is 23.2. The smallest absolute Gasteiger partial charge is 0.382 e. The summed E-state index contributed by atoms with van der Waals surface area (Å²) >= 11 is 0. The third kappa shape index (κ3) is 18.6. The van der Waals surface area contributed by atoms with Crippen molar-refractivity contribution in [1.82, 2.24) is 0 Å². The van der Waals surface area contributed by atoms with Crippen molar-refractivity contribution >= 4 is 12.2 Å². The monoisotopic (exact) mass is 434 g/mol. The van der Waals surface area contributed by atoms with Gasteiger partial charge in [-0.2, -0.15) is 6.42 Å². The van der Waals surface area contributed by atoms with Gasteiger partial charge in [0.05, 0.1) is 11.6 Å². The second-order valence-corrected chi connectivity index (χ2v) is 6.66. The van der Waals surface area contributed by atoms with Crippen LogP contribution in [0.1, 0.15) is 72.6 Å². The van der Waals surface area contributed by atoms with Gasteiger partial charge < -0.3 is 11.7 Å². The molecule has 4 rings (SSSR count). The Balaban J connectivity index is -0.000000110. The second-order valence-electron chi connectivity index (χ2n) is 6.66. The largest absolute Gasteiger partial charge is 1.00 e. The van der Waals surface area contributed by atoms with Crippen LogP contribution in [0.4, 0.5) is 0 Å². The van der Waals surface area contributed by atoms with E-state index in [4.69, 9.17) is 4.74 Å². The summed E-state index contributed by atoms with van der Waals surface area (Å²) in [7, 11) is 0. The van der Waals surface area contributed by atoms with Gasteiger partial charge in [0, 0.05) is 22.1 Å². The zero-order valence-corrected chi connectivity index (χ0v) is 22.2. The summed E-state index contributed by atoms with van der Waals surface area (Å²) in [6.45, 7) is 15.0. The van der Waals surface area contributed by atoms with Crippen molar-refractivity contribution in [2.24, 2.45) is 0 Å². The van der Waals surface area contributed by atoms with Crippen LogP contribution in [0.5, 0.6) is 0 Å². The van der Waals surface area contributed by atoms with E-state index in [1.54, 1.807) is 0 Å². The van der Waals surface area contributed by atoms with E-state index >= 15 is 0 Å². The number of benzene rings is 2. The zero-order valence-electron chi connectivity index (χ0n) is 22.2. The second kappa shape index (κ2) is 26.8. The molecule has 0 saturated carbocycles. The fraction of sp³-hybridized carbons (Fsp3) is 0.367. The third-order valence-electron chi connectivity index (χ3n) is 4.31. The molecule has 0 aliphatic heterocycles. The van der Waals surface area contributed by atoms with E-state index in [1.807, 2.05) is 27.7 Å². The number of hydrogen-bond acceptors (Lipinski definition) is 1. The summed E-state index contributed by atoms with van der Waals surface area (Å²) in [5.41, 5.74) is 5.57. The molecule has 2 aromatic carbocycles. The molecule has 1 nitrogen and oxygen atoms in total. The van der Waals surface area contributed by atoms with Gasteiger partial charge in [-0.1, -0.05) is 55.8 Å². The van der Waals surface area contributed by atoms with Crippen molar-refractivity contribution in [3.63, 3.8) is 0 Å². The minimum absolute atomic E-state index is 0. The molecule has 0 amide bonds. The first-order valence-corrected chi connectivity index (χ1v) is 11.3. The van der Waals surface area contributed by atoms with Crippen molar-refractivity contribution in [2.45, 2.75) is 60.3 Å². The van der Waals surface area contributed by atoms with E-state index in [0.717, 1.165) is 32.5 Å². The molecular weight excluding hydrogens is 390 g/mol. The van der Waals surface area contributed by atoms with E-state index in [2.05, 4.69) is 98.5 Å². The van der Waals surface area contributed by atoms with Gasteiger partial charge >= 0.3 is 37.7 Å². The normalized spacial score (nSPS) is 9.88. The van der Waals surface area contributed by atoms with Crippen LogP contribution in [-0.4, -0.2) is 13.2 Å². The molecule has 0 radical (unpaired) electrons. The van der Waals surface area contributed by atoms with Crippen molar-refractivity contribution in [1.29, 1.82) is 0 Å². The summed E-state index contributed by atoms with van der Waals surface area (Å²) < 4.78 is 4.83. The third-order valence-corrected chi connectivity index (χ3v) is 4.31. The Hall–Kier alpha value is -1.46. The van der Waals surface area contributed by atoms with Crippen LogP contribution >= 0.6 is 0 Å².